The SMILES string of the molecule is Cc1ccc(-c2cccc3ccccc23)c(NP(c2ccccc2)c2ccccc2)c1-c1c(C)ccc(-c2cccc3ccccc23)c1NP(c1ccccc1)c1ccccc1. The summed E-state index contributed by atoms with van der Waals surface area (Å²) >= 11 is 0. The highest BCUT2D eigenvalue weighted by molar-refractivity contribution is 7.74. The Bertz CT molecular complexity index is 2850. The molecule has 10 aromatic carbocycles. The molecule has 0 aromatic heterocycles. The van der Waals surface area contributed by atoms with Crippen LogP contribution in [0.4, 0.5) is 11.4 Å². The molecule has 0 unspecified atom stereocenters. The van der Waals surface area contributed by atoms with Crippen LogP contribution in [-0.4, -0.2) is 0 Å². The normalized spacial score (nSPS) is 11.4. The van der Waals surface area contributed by atoms with E-state index in [1.54, 1.807) is 0 Å². The summed E-state index contributed by atoms with van der Waals surface area (Å²) < 4.78 is 0. The average Bonchev–Trinajstić information content (AvgIpc) is 3.34. The molecule has 0 saturated heterocycles. The van der Waals surface area contributed by atoms with Gasteiger partial charge in [-0.05, 0) is 57.6 Å². The summed E-state index contributed by atoms with van der Waals surface area (Å²) in [5.74, 6) is 0. The topological polar surface area (TPSA) is 24.1 Å². The third-order valence-corrected chi connectivity index (χ3v) is 15.9. The molecule has 0 aliphatic rings. The molecular formula is C58H46N2P2. The van der Waals surface area contributed by atoms with Crippen molar-refractivity contribution in [2.45, 2.75) is 13.8 Å². The monoisotopic (exact) mass is 832 g/mol. The van der Waals surface area contributed by atoms with Gasteiger partial charge in [-0.3, -0.25) is 0 Å². The highest BCUT2D eigenvalue weighted by Crippen LogP contribution is 2.53. The standard InChI is InChI=1S/C58H46N2P2/c1-41-37-39-53(51-35-19-23-43-21-15-17-33-49(43)51)57(59-61(45-25-7-3-8-26-45)46-27-9-4-10-28-46)55(41)56-42(2)38-40-54(52-36-20-24-44-22-16-18-34-50(44)52)58(56)60-62(47-29-11-5-12-30-47)48-31-13-6-14-32-48/h3-40,59-60H,1-2H3. The van der Waals surface area contributed by atoms with Crippen molar-refractivity contribution in [2.75, 3.05) is 10.2 Å². The fraction of sp³-hybridized carbons (Fsp3) is 0.0345. The highest BCUT2D eigenvalue weighted by Gasteiger charge is 2.27. The van der Waals surface area contributed by atoms with E-state index in [4.69, 9.17) is 0 Å². The molecule has 2 nitrogen and oxygen atoms in total. The van der Waals surface area contributed by atoms with Crippen molar-refractivity contribution in [2.24, 2.45) is 0 Å². The maximum atomic E-state index is 4.35. The molecule has 0 aliphatic carbocycles. The lowest BCUT2D eigenvalue weighted by Gasteiger charge is -2.30. The van der Waals surface area contributed by atoms with Crippen molar-refractivity contribution < 1.29 is 0 Å². The van der Waals surface area contributed by atoms with Gasteiger partial charge in [0.2, 0.25) is 0 Å². The molecule has 298 valence electrons. The largest absolute Gasteiger partial charge is 0.356 e. The Morgan fingerprint density at radius 2 is 0.581 bits per heavy atom. The van der Waals surface area contributed by atoms with Crippen molar-refractivity contribution in [3.63, 3.8) is 0 Å². The second-order valence-corrected chi connectivity index (χ2v) is 19.5. The van der Waals surface area contributed by atoms with Gasteiger partial charge >= 0.3 is 0 Å². The number of benzene rings is 10. The molecule has 2 N–H and O–H groups in total. The predicted octanol–water partition coefficient (Wildman–Crippen LogP) is 14.5. The minimum absolute atomic E-state index is 1.05. The molecule has 0 atom stereocenters. The Kier molecular flexibility index (Phi) is 11.2. The number of hydrogen-bond donors (Lipinski definition) is 2. The van der Waals surface area contributed by atoms with Crippen LogP contribution in [0.1, 0.15) is 11.1 Å². The summed E-state index contributed by atoms with van der Waals surface area (Å²) in [6, 6.07) is 84.2. The minimum atomic E-state index is -1.05. The van der Waals surface area contributed by atoms with Crippen LogP contribution >= 0.6 is 16.1 Å². The fourth-order valence-electron chi connectivity index (χ4n) is 8.75. The summed E-state index contributed by atoms with van der Waals surface area (Å²) in [5, 5.41) is 18.7. The van der Waals surface area contributed by atoms with E-state index in [1.165, 1.54) is 87.3 Å². The van der Waals surface area contributed by atoms with Gasteiger partial charge in [0.15, 0.2) is 0 Å². The van der Waals surface area contributed by atoms with Crippen LogP contribution in [0.15, 0.2) is 231 Å². The summed E-state index contributed by atoms with van der Waals surface area (Å²) in [6.07, 6.45) is 0. The van der Waals surface area contributed by atoms with Crippen LogP contribution in [0.2, 0.25) is 0 Å². The van der Waals surface area contributed by atoms with Crippen molar-refractivity contribution in [3.05, 3.63) is 242 Å². The van der Waals surface area contributed by atoms with E-state index in [-0.39, 0.29) is 0 Å². The average molecular weight is 833 g/mol. The van der Waals surface area contributed by atoms with Gasteiger partial charge in [0.05, 0.1) is 27.5 Å². The Morgan fingerprint density at radius 3 is 0.935 bits per heavy atom. The lowest BCUT2D eigenvalue weighted by Crippen LogP contribution is -2.19. The number of hydrogen-bond acceptors (Lipinski definition) is 2. The van der Waals surface area contributed by atoms with Crippen LogP contribution in [0.3, 0.4) is 0 Å². The summed E-state index contributed by atoms with van der Waals surface area (Å²) in [5.41, 5.74) is 11.8. The van der Waals surface area contributed by atoms with E-state index in [9.17, 15) is 0 Å². The number of fused-ring (bicyclic) bond motifs is 2. The second kappa shape index (κ2) is 17.6. The smallest absolute Gasteiger partial charge is 0.0540 e. The first-order chi connectivity index (χ1) is 30.6. The molecule has 0 aliphatic heterocycles. The van der Waals surface area contributed by atoms with Crippen LogP contribution in [0.5, 0.6) is 0 Å². The van der Waals surface area contributed by atoms with Crippen LogP contribution < -0.4 is 31.4 Å². The Morgan fingerprint density at radius 1 is 0.274 bits per heavy atom. The van der Waals surface area contributed by atoms with Crippen LogP contribution in [0, 0.1) is 13.8 Å². The molecule has 0 heterocycles. The minimum Gasteiger partial charge on any atom is -0.356 e. The first-order valence-corrected chi connectivity index (χ1v) is 23.9. The predicted molar refractivity (Wildman–Crippen MR) is 273 cm³/mol. The fourth-order valence-corrected chi connectivity index (χ4v) is 12.7. The molecule has 0 fully saturated rings. The summed E-state index contributed by atoms with van der Waals surface area (Å²) in [6.45, 7) is 4.57. The molecule has 0 radical (unpaired) electrons. The first kappa shape index (κ1) is 39.3. The third-order valence-electron chi connectivity index (χ3n) is 11.7. The quantitative estimate of drug-likeness (QED) is 0.127. The zero-order valence-corrected chi connectivity index (χ0v) is 36.6. The van der Waals surface area contributed by atoms with E-state index in [0.29, 0.717) is 0 Å². The summed E-state index contributed by atoms with van der Waals surface area (Å²) in [7, 11) is -2.09. The Balaban J connectivity index is 1.31. The van der Waals surface area contributed by atoms with Gasteiger partial charge in [-0.2, -0.15) is 0 Å². The molecule has 10 aromatic rings. The van der Waals surface area contributed by atoms with E-state index in [0.717, 1.165) is 11.4 Å². The van der Waals surface area contributed by atoms with Gasteiger partial charge in [0, 0.05) is 43.5 Å². The lowest BCUT2D eigenvalue weighted by molar-refractivity contribution is 1.41. The van der Waals surface area contributed by atoms with Crippen LogP contribution in [0.25, 0.3) is 54.9 Å². The van der Waals surface area contributed by atoms with Crippen LogP contribution in [-0.2, 0) is 0 Å². The van der Waals surface area contributed by atoms with Gasteiger partial charge in [-0.25, -0.2) is 0 Å². The molecule has 0 saturated carbocycles. The first-order valence-electron chi connectivity index (χ1n) is 21.2. The van der Waals surface area contributed by atoms with E-state index in [1.807, 2.05) is 0 Å². The number of nitrogens with one attached hydrogen (secondary N) is 2. The molecule has 0 spiro atoms. The summed E-state index contributed by atoms with van der Waals surface area (Å²) in [4.78, 5) is 0. The maximum absolute atomic E-state index is 4.35. The highest BCUT2D eigenvalue weighted by atomic mass is 31.1. The van der Waals surface area contributed by atoms with Gasteiger partial charge in [0.25, 0.3) is 0 Å². The van der Waals surface area contributed by atoms with Gasteiger partial charge < -0.3 is 10.2 Å². The lowest BCUT2D eigenvalue weighted by atomic mass is 9.86. The Hall–Kier alpha value is -6.82. The van der Waals surface area contributed by atoms with Crippen molar-refractivity contribution >= 4 is 70.3 Å². The maximum Gasteiger partial charge on any atom is 0.0540 e. The van der Waals surface area contributed by atoms with E-state index < -0.39 is 16.1 Å². The number of aryl methyl sites for hydroxylation is 2. The van der Waals surface area contributed by atoms with E-state index >= 15 is 0 Å². The molecule has 62 heavy (non-hydrogen) atoms. The van der Waals surface area contributed by atoms with Gasteiger partial charge in [-0.15, -0.1) is 0 Å². The van der Waals surface area contributed by atoms with E-state index in [2.05, 4.69) is 255 Å². The number of anilines is 2. The number of rotatable bonds is 11. The molecular weight excluding hydrogens is 787 g/mol. The van der Waals surface area contributed by atoms with Gasteiger partial charge in [-0.1, -0.05) is 231 Å². The zero-order valence-electron chi connectivity index (χ0n) is 34.8. The molecule has 0 bridgehead atoms. The zero-order chi connectivity index (χ0) is 41.8. The van der Waals surface area contributed by atoms with Crippen molar-refractivity contribution in [1.82, 2.24) is 0 Å². The van der Waals surface area contributed by atoms with Crippen molar-refractivity contribution in [1.29, 1.82) is 0 Å². The Labute approximate surface area is 367 Å². The van der Waals surface area contributed by atoms with Crippen molar-refractivity contribution in [3.8, 4) is 33.4 Å². The third kappa shape index (κ3) is 7.69. The molecule has 0 amide bonds. The van der Waals surface area contributed by atoms with Gasteiger partial charge in [0.1, 0.15) is 0 Å². The molecule has 4 heteroatoms. The molecule has 10 rings (SSSR count). The second-order valence-electron chi connectivity index (χ2n) is 15.7.